The zero-order valence-electron chi connectivity index (χ0n) is 5.96. The van der Waals surface area contributed by atoms with Gasteiger partial charge in [-0.05, 0) is 0 Å². The minimum absolute atomic E-state index is 1.16. The van der Waals surface area contributed by atoms with Crippen LogP contribution in [-0.4, -0.2) is 7.05 Å². The van der Waals surface area contributed by atoms with Crippen molar-refractivity contribution in [1.29, 1.82) is 5.26 Å². The van der Waals surface area contributed by atoms with Crippen LogP contribution in [0.1, 0.15) is 0 Å². The molecule has 3 nitrogen and oxygen atoms in total. The Hall–Kier alpha value is -1.08. The Balaban J connectivity index is 0.000000371. The third kappa shape index (κ3) is 2.03. The van der Waals surface area contributed by atoms with Gasteiger partial charge in [-0.2, -0.15) is 3.96 Å². The van der Waals surface area contributed by atoms with E-state index >= 15 is 0 Å². The number of nitrogens with zero attached hydrogens (tertiary/aromatic N) is 2. The van der Waals surface area contributed by atoms with Gasteiger partial charge in [0.25, 0.3) is 5.82 Å². The fraction of sp³-hybridized carbons (Fsp3) is 0.333. The smallest absolute Gasteiger partial charge is 0.286 e. The highest BCUT2D eigenvalue weighted by Crippen LogP contribution is 1.99. The van der Waals surface area contributed by atoms with Crippen molar-refractivity contribution in [2.45, 2.75) is 0 Å². The maximum absolute atomic E-state index is 6.25. The van der Waals surface area contributed by atoms with Gasteiger partial charge >= 0.3 is 0 Å². The molecule has 0 saturated carbocycles. The predicted octanol–water partition coefficient (Wildman–Crippen LogP) is 0.711. The Bertz CT molecular complexity index is 204. The second kappa shape index (κ2) is 4.77. The van der Waals surface area contributed by atoms with Gasteiger partial charge in [-0.25, -0.2) is 0 Å². The molecule has 0 atom stereocenters. The molecule has 0 bridgehead atoms. The molecule has 0 radical (unpaired) electrons. The average Bonchev–Trinajstić information content (AvgIpc) is 2.39. The van der Waals surface area contributed by atoms with Crippen molar-refractivity contribution in [3.8, 4) is 0 Å². The van der Waals surface area contributed by atoms with Crippen LogP contribution in [0.2, 0.25) is 0 Å². The minimum Gasteiger partial charge on any atom is -0.512 e. The molecule has 1 aromatic rings. The Morgan fingerprint density at radius 1 is 1.70 bits per heavy atom. The molecule has 4 heteroatoms. The summed E-state index contributed by atoms with van der Waals surface area (Å²) in [5.41, 5.74) is 0. The largest absolute Gasteiger partial charge is 0.512 e. The first kappa shape index (κ1) is 8.92. The quantitative estimate of drug-likeness (QED) is 0.479. The molecule has 1 heterocycles. The second-order valence-electron chi connectivity index (χ2n) is 1.54. The van der Waals surface area contributed by atoms with Gasteiger partial charge in [-0.1, -0.05) is 0 Å². The SMILES string of the molecule is CNc1ccs[n+]1C.[C-]#N. The van der Waals surface area contributed by atoms with E-state index in [0.29, 0.717) is 0 Å². The number of nitrogens with one attached hydrogen (secondary N) is 1. The fourth-order valence-corrected chi connectivity index (χ4v) is 1.23. The summed E-state index contributed by atoms with van der Waals surface area (Å²) in [6.07, 6.45) is 0. The van der Waals surface area contributed by atoms with Crippen molar-refractivity contribution in [1.82, 2.24) is 0 Å². The monoisotopic (exact) mass is 155 g/mol. The Morgan fingerprint density at radius 3 is 2.50 bits per heavy atom. The molecule has 0 unspecified atom stereocenters. The molecular formula is C6H9N3S. The van der Waals surface area contributed by atoms with Crippen LogP contribution in [0.3, 0.4) is 0 Å². The molecule has 0 amide bonds. The summed E-state index contributed by atoms with van der Waals surface area (Å²) >= 11 is 1.68. The summed E-state index contributed by atoms with van der Waals surface area (Å²) < 4.78 is 2.07. The van der Waals surface area contributed by atoms with Crippen molar-refractivity contribution in [3.05, 3.63) is 18.0 Å². The summed E-state index contributed by atoms with van der Waals surface area (Å²) in [4.78, 5) is 0. The van der Waals surface area contributed by atoms with Crippen molar-refractivity contribution < 1.29 is 3.96 Å². The molecule has 0 aromatic carbocycles. The lowest BCUT2D eigenvalue weighted by molar-refractivity contribution is -0.585. The number of rotatable bonds is 1. The van der Waals surface area contributed by atoms with E-state index in [0.717, 1.165) is 5.82 Å². The number of hydrogen-bond acceptors (Lipinski definition) is 3. The second-order valence-corrected chi connectivity index (χ2v) is 2.57. The average molecular weight is 155 g/mol. The van der Waals surface area contributed by atoms with E-state index in [2.05, 4.69) is 9.27 Å². The van der Waals surface area contributed by atoms with E-state index in [1.165, 1.54) is 0 Å². The minimum atomic E-state index is 1.16. The third-order valence-electron chi connectivity index (χ3n) is 1.04. The Morgan fingerprint density at radius 2 is 2.30 bits per heavy atom. The Kier molecular flexibility index (Phi) is 4.25. The van der Waals surface area contributed by atoms with Crippen LogP contribution in [0.5, 0.6) is 0 Å². The van der Waals surface area contributed by atoms with Crippen LogP contribution in [-0.2, 0) is 7.05 Å². The lowest BCUT2D eigenvalue weighted by atomic mass is 10.6. The van der Waals surface area contributed by atoms with Crippen LogP contribution in [0.25, 0.3) is 0 Å². The number of aromatic nitrogens is 1. The van der Waals surface area contributed by atoms with Gasteiger partial charge in [0.15, 0.2) is 0 Å². The molecule has 0 aliphatic carbocycles. The van der Waals surface area contributed by atoms with Gasteiger partial charge in [0.2, 0.25) is 0 Å². The lowest BCUT2D eigenvalue weighted by Crippen LogP contribution is -2.24. The van der Waals surface area contributed by atoms with Crippen LogP contribution in [0.4, 0.5) is 5.82 Å². The standard InChI is InChI=1S/C5H8N2S.CN/c1-6-5-3-4-8-7(5)2;1-2/h3-4H,1-2H3;/q;-1/p+1. The first-order valence-electron chi connectivity index (χ1n) is 2.68. The summed E-state index contributed by atoms with van der Waals surface area (Å²) in [6.45, 7) is 4.75. The van der Waals surface area contributed by atoms with Gasteiger partial charge < -0.3 is 11.8 Å². The van der Waals surface area contributed by atoms with Gasteiger partial charge in [0.1, 0.15) is 0 Å². The molecule has 0 fully saturated rings. The summed E-state index contributed by atoms with van der Waals surface area (Å²) in [5, 5.41) is 11.3. The van der Waals surface area contributed by atoms with Crippen LogP contribution in [0, 0.1) is 11.8 Å². The van der Waals surface area contributed by atoms with E-state index in [-0.39, 0.29) is 0 Å². The van der Waals surface area contributed by atoms with Crippen molar-refractivity contribution >= 4 is 17.4 Å². The molecule has 1 rings (SSSR count). The normalized spacial score (nSPS) is 7.60. The topological polar surface area (TPSA) is 39.7 Å². The van der Waals surface area contributed by atoms with Crippen LogP contribution in [0.15, 0.2) is 11.4 Å². The number of anilines is 1. The maximum atomic E-state index is 6.25. The molecular weight excluding hydrogens is 146 g/mol. The number of aryl methyl sites for hydroxylation is 1. The highest BCUT2D eigenvalue weighted by molar-refractivity contribution is 6.99. The van der Waals surface area contributed by atoms with Crippen molar-refractivity contribution in [2.24, 2.45) is 7.05 Å². The fourth-order valence-electron chi connectivity index (χ4n) is 0.589. The van der Waals surface area contributed by atoms with Gasteiger partial charge in [-0.15, -0.1) is 0 Å². The molecule has 0 spiro atoms. The Labute approximate surface area is 64.7 Å². The zero-order valence-corrected chi connectivity index (χ0v) is 6.77. The summed E-state index contributed by atoms with van der Waals surface area (Å²) in [7, 11) is 3.94. The first-order valence-corrected chi connectivity index (χ1v) is 3.52. The van der Waals surface area contributed by atoms with E-state index in [1.54, 1.807) is 11.5 Å². The molecule has 0 aliphatic heterocycles. The molecule has 1 N–H and O–H groups in total. The predicted molar refractivity (Wildman–Crippen MR) is 40.0 cm³/mol. The summed E-state index contributed by atoms with van der Waals surface area (Å²) in [5.74, 6) is 1.16. The van der Waals surface area contributed by atoms with Gasteiger partial charge in [0, 0.05) is 23.0 Å². The van der Waals surface area contributed by atoms with Gasteiger partial charge in [0.05, 0.1) is 14.1 Å². The van der Waals surface area contributed by atoms with E-state index < -0.39 is 0 Å². The lowest BCUT2D eigenvalue weighted by Gasteiger charge is -1.85. The molecule has 54 valence electrons. The number of hydrogen-bond donors (Lipinski definition) is 1. The summed E-state index contributed by atoms with van der Waals surface area (Å²) in [6, 6.07) is 2.05. The highest BCUT2D eigenvalue weighted by atomic mass is 32.1. The van der Waals surface area contributed by atoms with Crippen LogP contribution < -0.4 is 9.27 Å². The zero-order chi connectivity index (χ0) is 7.98. The van der Waals surface area contributed by atoms with Crippen molar-refractivity contribution in [3.63, 3.8) is 0 Å². The molecule has 0 saturated heterocycles. The van der Waals surface area contributed by atoms with Gasteiger partial charge in [-0.3, -0.25) is 5.32 Å². The first-order chi connectivity index (χ1) is 4.84. The highest BCUT2D eigenvalue weighted by Gasteiger charge is 1.99. The van der Waals surface area contributed by atoms with Crippen LogP contribution >= 0.6 is 11.5 Å². The van der Waals surface area contributed by atoms with E-state index in [4.69, 9.17) is 11.8 Å². The molecule has 1 aromatic heterocycles. The maximum Gasteiger partial charge on any atom is 0.286 e. The van der Waals surface area contributed by atoms with E-state index in [1.807, 2.05) is 25.5 Å². The third-order valence-corrected chi connectivity index (χ3v) is 1.81. The molecule has 10 heavy (non-hydrogen) atoms. The van der Waals surface area contributed by atoms with Crippen molar-refractivity contribution in [2.75, 3.05) is 12.4 Å². The van der Waals surface area contributed by atoms with E-state index in [9.17, 15) is 0 Å². The molecule has 0 aliphatic rings.